The maximum absolute atomic E-state index is 12.7. The number of halogens is 2. The van der Waals surface area contributed by atoms with Gasteiger partial charge in [0.15, 0.2) is 0 Å². The lowest BCUT2D eigenvalue weighted by Crippen LogP contribution is -2.35. The van der Waals surface area contributed by atoms with Crippen molar-refractivity contribution in [3.05, 3.63) is 58.1 Å². The van der Waals surface area contributed by atoms with Crippen molar-refractivity contribution in [1.29, 1.82) is 0 Å². The van der Waals surface area contributed by atoms with Gasteiger partial charge in [-0.25, -0.2) is 4.90 Å². The predicted octanol–water partition coefficient (Wildman–Crippen LogP) is 4.30. The van der Waals surface area contributed by atoms with Gasteiger partial charge in [0, 0.05) is 10.7 Å². The predicted molar refractivity (Wildman–Crippen MR) is 96.8 cm³/mol. The second-order valence-electron chi connectivity index (χ2n) is 5.57. The van der Waals surface area contributed by atoms with E-state index in [2.05, 4.69) is 5.32 Å². The Hall–Kier alpha value is -2.04. The lowest BCUT2D eigenvalue weighted by molar-refractivity contribution is -0.121. The Morgan fingerprint density at radius 1 is 1.17 bits per heavy atom. The summed E-state index contributed by atoms with van der Waals surface area (Å²) in [6, 6.07) is 11.9. The highest BCUT2D eigenvalue weighted by Crippen LogP contribution is 2.33. The van der Waals surface area contributed by atoms with Gasteiger partial charge in [0.05, 0.1) is 17.1 Å². The number of hydrogen-bond donors (Lipinski definition) is 1. The van der Waals surface area contributed by atoms with Crippen LogP contribution in [0.1, 0.15) is 18.9 Å². The van der Waals surface area contributed by atoms with E-state index in [9.17, 15) is 9.59 Å². The third kappa shape index (κ3) is 3.12. The van der Waals surface area contributed by atoms with Gasteiger partial charge < -0.3 is 5.32 Å². The smallest absolute Gasteiger partial charge is 0.256 e. The summed E-state index contributed by atoms with van der Waals surface area (Å²) < 4.78 is 0. The zero-order valence-corrected chi connectivity index (χ0v) is 14.6. The topological polar surface area (TPSA) is 49.4 Å². The molecule has 1 atom stereocenters. The van der Waals surface area contributed by atoms with Crippen LogP contribution in [0, 0.1) is 0 Å². The van der Waals surface area contributed by atoms with E-state index in [1.54, 1.807) is 12.1 Å². The van der Waals surface area contributed by atoms with Crippen LogP contribution >= 0.6 is 23.2 Å². The summed E-state index contributed by atoms with van der Waals surface area (Å²) in [5.74, 6) is -0.592. The molecule has 124 valence electrons. The molecule has 2 amide bonds. The van der Waals surface area contributed by atoms with Crippen LogP contribution in [0.2, 0.25) is 10.0 Å². The van der Waals surface area contributed by atoms with Crippen LogP contribution in [-0.2, 0) is 16.0 Å². The molecule has 2 aromatic carbocycles. The molecule has 0 bridgehead atoms. The molecule has 0 radical (unpaired) electrons. The summed E-state index contributed by atoms with van der Waals surface area (Å²) in [6.45, 7) is 2.04. The largest absolute Gasteiger partial charge is 0.373 e. The molecule has 1 heterocycles. The molecule has 1 aliphatic heterocycles. The molecule has 1 saturated heterocycles. The number of amides is 2. The van der Waals surface area contributed by atoms with Crippen LogP contribution in [-0.4, -0.2) is 17.9 Å². The van der Waals surface area contributed by atoms with Gasteiger partial charge in [-0.2, -0.15) is 0 Å². The van der Waals surface area contributed by atoms with E-state index in [1.807, 2.05) is 31.2 Å². The maximum Gasteiger partial charge on any atom is 0.256 e. The highest BCUT2D eigenvalue weighted by atomic mass is 35.5. The van der Waals surface area contributed by atoms with Crippen LogP contribution in [0.25, 0.3) is 0 Å². The highest BCUT2D eigenvalue weighted by Gasteiger charge is 2.40. The van der Waals surface area contributed by atoms with Crippen molar-refractivity contribution in [3.8, 4) is 0 Å². The van der Waals surface area contributed by atoms with Gasteiger partial charge in [-0.3, -0.25) is 9.59 Å². The van der Waals surface area contributed by atoms with Gasteiger partial charge in [-0.15, -0.1) is 0 Å². The minimum Gasteiger partial charge on any atom is -0.373 e. The monoisotopic (exact) mass is 362 g/mol. The first kappa shape index (κ1) is 16.8. The first-order chi connectivity index (χ1) is 11.5. The van der Waals surface area contributed by atoms with E-state index in [-0.39, 0.29) is 23.3 Å². The molecule has 1 fully saturated rings. The Morgan fingerprint density at radius 3 is 2.62 bits per heavy atom. The van der Waals surface area contributed by atoms with Gasteiger partial charge in [0.2, 0.25) is 5.91 Å². The molecule has 3 rings (SSSR count). The van der Waals surface area contributed by atoms with E-state index in [0.717, 1.165) is 22.6 Å². The molecule has 1 N–H and O–H groups in total. The molecular formula is C18H16Cl2N2O2. The van der Waals surface area contributed by atoms with Crippen LogP contribution < -0.4 is 10.2 Å². The van der Waals surface area contributed by atoms with Crippen molar-refractivity contribution < 1.29 is 9.59 Å². The summed E-state index contributed by atoms with van der Waals surface area (Å²) in [4.78, 5) is 26.2. The van der Waals surface area contributed by atoms with Crippen LogP contribution in [0.3, 0.4) is 0 Å². The Morgan fingerprint density at radius 2 is 1.92 bits per heavy atom. The molecule has 2 aromatic rings. The molecule has 4 nitrogen and oxygen atoms in total. The summed E-state index contributed by atoms with van der Waals surface area (Å²) in [5, 5.41) is 3.92. The van der Waals surface area contributed by atoms with Gasteiger partial charge in [0.25, 0.3) is 5.91 Å². The molecule has 6 heteroatoms. The summed E-state index contributed by atoms with van der Waals surface area (Å²) in [5.41, 5.74) is 2.33. The van der Waals surface area contributed by atoms with Crippen LogP contribution in [0.4, 0.5) is 11.4 Å². The van der Waals surface area contributed by atoms with Gasteiger partial charge in [-0.05, 0) is 36.2 Å². The van der Waals surface area contributed by atoms with Crippen molar-refractivity contribution in [1.82, 2.24) is 0 Å². The Labute approximate surface area is 150 Å². The molecule has 0 saturated carbocycles. The minimum absolute atomic E-state index is 0.0931. The molecule has 24 heavy (non-hydrogen) atoms. The molecule has 0 spiro atoms. The number of carbonyl (C=O) groups is 2. The summed E-state index contributed by atoms with van der Waals surface area (Å²) >= 11 is 12.0. The number of imide groups is 1. The summed E-state index contributed by atoms with van der Waals surface area (Å²) in [6.07, 6.45) is 0.931. The minimum atomic E-state index is -0.600. The third-order valence-electron chi connectivity index (χ3n) is 4.03. The standard InChI is InChI=1S/C18H16Cl2N2O2/c1-2-11-5-3-4-6-14(11)21-15-10-17(23)22(18(15)24)16-8-7-12(19)9-13(16)20/h3-9,15,21H,2,10H2,1H3. The molecule has 0 aliphatic carbocycles. The highest BCUT2D eigenvalue weighted by molar-refractivity contribution is 6.38. The normalized spacial score (nSPS) is 17.5. The number of carbonyl (C=O) groups excluding carboxylic acids is 2. The fraction of sp³-hybridized carbons (Fsp3) is 0.222. The lowest BCUT2D eigenvalue weighted by Gasteiger charge is -2.18. The quantitative estimate of drug-likeness (QED) is 0.824. The van der Waals surface area contributed by atoms with Crippen LogP contribution in [0.15, 0.2) is 42.5 Å². The Bertz CT molecular complexity index is 807. The fourth-order valence-corrected chi connectivity index (χ4v) is 3.31. The van der Waals surface area contributed by atoms with Gasteiger partial charge in [-0.1, -0.05) is 48.3 Å². The molecule has 0 aromatic heterocycles. The SMILES string of the molecule is CCc1ccccc1NC1CC(=O)N(c2ccc(Cl)cc2Cl)C1=O. The summed E-state index contributed by atoms with van der Waals surface area (Å²) in [7, 11) is 0. The number of para-hydroxylation sites is 1. The second-order valence-corrected chi connectivity index (χ2v) is 6.42. The number of nitrogens with zero attached hydrogens (tertiary/aromatic N) is 1. The number of nitrogens with one attached hydrogen (secondary N) is 1. The number of rotatable bonds is 4. The number of aryl methyl sites for hydroxylation is 1. The van der Waals surface area contributed by atoms with Crippen molar-refractivity contribution >= 4 is 46.4 Å². The van der Waals surface area contributed by atoms with Crippen molar-refractivity contribution in [2.45, 2.75) is 25.8 Å². The van der Waals surface area contributed by atoms with Crippen molar-refractivity contribution in [2.75, 3.05) is 10.2 Å². The average molecular weight is 363 g/mol. The fourth-order valence-electron chi connectivity index (χ4n) is 2.82. The first-order valence-corrected chi connectivity index (χ1v) is 8.43. The lowest BCUT2D eigenvalue weighted by atomic mass is 10.1. The van der Waals surface area contributed by atoms with E-state index >= 15 is 0 Å². The molecular weight excluding hydrogens is 347 g/mol. The number of benzene rings is 2. The van der Waals surface area contributed by atoms with Crippen molar-refractivity contribution in [2.24, 2.45) is 0 Å². The van der Waals surface area contributed by atoms with E-state index in [1.165, 1.54) is 6.07 Å². The zero-order valence-electron chi connectivity index (χ0n) is 13.1. The van der Waals surface area contributed by atoms with E-state index in [4.69, 9.17) is 23.2 Å². The maximum atomic E-state index is 12.7. The Balaban J connectivity index is 1.86. The van der Waals surface area contributed by atoms with E-state index in [0.29, 0.717) is 10.7 Å². The first-order valence-electron chi connectivity index (χ1n) is 7.67. The second kappa shape index (κ2) is 6.83. The third-order valence-corrected chi connectivity index (χ3v) is 4.56. The zero-order chi connectivity index (χ0) is 17.3. The van der Waals surface area contributed by atoms with E-state index < -0.39 is 6.04 Å². The number of hydrogen-bond acceptors (Lipinski definition) is 3. The van der Waals surface area contributed by atoms with Gasteiger partial charge >= 0.3 is 0 Å². The molecule has 1 unspecified atom stereocenters. The average Bonchev–Trinajstić information content (AvgIpc) is 2.83. The van der Waals surface area contributed by atoms with Gasteiger partial charge in [0.1, 0.15) is 6.04 Å². The van der Waals surface area contributed by atoms with Crippen molar-refractivity contribution in [3.63, 3.8) is 0 Å². The Kier molecular flexibility index (Phi) is 4.78. The number of anilines is 2. The van der Waals surface area contributed by atoms with Crippen LogP contribution in [0.5, 0.6) is 0 Å². The molecule has 1 aliphatic rings.